The summed E-state index contributed by atoms with van der Waals surface area (Å²) in [6.45, 7) is 0. The zero-order chi connectivity index (χ0) is 19.2. The van der Waals surface area contributed by atoms with E-state index in [0.29, 0.717) is 0 Å². The van der Waals surface area contributed by atoms with Gasteiger partial charge in [-0.2, -0.15) is 0 Å². The summed E-state index contributed by atoms with van der Waals surface area (Å²) in [5.41, 5.74) is 9.25. The van der Waals surface area contributed by atoms with Crippen LogP contribution in [0, 0.1) is 23.7 Å². The molecule has 3 aromatic rings. The van der Waals surface area contributed by atoms with Crippen molar-refractivity contribution in [3.05, 3.63) is 82.3 Å². The summed E-state index contributed by atoms with van der Waals surface area (Å²) in [5.74, 6) is 3.70. The van der Waals surface area contributed by atoms with Gasteiger partial charge in [-0.05, 0) is 107 Å². The van der Waals surface area contributed by atoms with Gasteiger partial charge in [-0.1, -0.05) is 64.5 Å². The number of hydrogen-bond donors (Lipinski definition) is 0. The zero-order valence-corrected chi connectivity index (χ0v) is 18.2. The van der Waals surface area contributed by atoms with Crippen LogP contribution in [0.5, 0.6) is 0 Å². The predicted octanol–water partition coefficient (Wildman–Crippen LogP) is 7.84. The molecule has 0 unspecified atom stereocenters. The van der Waals surface area contributed by atoms with Crippen LogP contribution in [0.2, 0.25) is 0 Å². The molecule has 0 aromatic heterocycles. The van der Waals surface area contributed by atoms with E-state index in [4.69, 9.17) is 0 Å². The molecule has 1 spiro atoms. The lowest BCUT2D eigenvalue weighted by atomic mass is 9.43. The van der Waals surface area contributed by atoms with Crippen molar-refractivity contribution in [2.75, 3.05) is 0 Å². The van der Waals surface area contributed by atoms with Crippen LogP contribution in [0.1, 0.15) is 43.2 Å². The predicted molar refractivity (Wildman–Crippen MR) is 123 cm³/mol. The van der Waals surface area contributed by atoms with Crippen molar-refractivity contribution in [2.45, 2.75) is 37.5 Å². The number of fused-ring (bicyclic) bond motifs is 3. The minimum Gasteiger partial charge on any atom is -0.0619 e. The third kappa shape index (κ3) is 2.15. The second-order valence-corrected chi connectivity index (χ2v) is 10.9. The Bertz CT molecular complexity index is 1100. The molecule has 0 aliphatic heterocycles. The molecule has 8 rings (SSSR count). The smallest absolute Gasteiger partial charge is 0.0271 e. The molecular weight excluding hydrogens is 416 g/mol. The quantitative estimate of drug-likeness (QED) is 0.361. The van der Waals surface area contributed by atoms with Gasteiger partial charge in [0, 0.05) is 9.89 Å². The van der Waals surface area contributed by atoms with Crippen molar-refractivity contribution >= 4 is 15.9 Å². The number of benzene rings is 3. The molecule has 0 atom stereocenters. The summed E-state index contributed by atoms with van der Waals surface area (Å²) in [5, 5.41) is 0. The first-order valence-electron chi connectivity index (χ1n) is 11.2. The Hall–Kier alpha value is -1.86. The molecule has 0 N–H and O–H groups in total. The molecule has 4 bridgehead atoms. The summed E-state index contributed by atoms with van der Waals surface area (Å²) in [7, 11) is 0. The molecular formula is C28H25Br. The Kier molecular flexibility index (Phi) is 3.41. The molecule has 0 nitrogen and oxygen atoms in total. The minimum atomic E-state index is 0.289. The average molecular weight is 441 g/mol. The van der Waals surface area contributed by atoms with Crippen LogP contribution in [0.4, 0.5) is 0 Å². The lowest BCUT2D eigenvalue weighted by molar-refractivity contribution is -0.0399. The fourth-order valence-corrected chi connectivity index (χ4v) is 8.25. The molecule has 5 aliphatic rings. The highest BCUT2D eigenvalue weighted by molar-refractivity contribution is 9.10. The number of hydrogen-bond acceptors (Lipinski definition) is 0. The van der Waals surface area contributed by atoms with E-state index in [0.717, 1.165) is 28.1 Å². The third-order valence-corrected chi connectivity index (χ3v) is 9.26. The monoisotopic (exact) mass is 440 g/mol. The molecule has 0 amide bonds. The maximum Gasteiger partial charge on any atom is 0.0271 e. The van der Waals surface area contributed by atoms with Crippen LogP contribution in [-0.2, 0) is 5.41 Å². The van der Waals surface area contributed by atoms with Crippen LogP contribution in [0.3, 0.4) is 0 Å². The van der Waals surface area contributed by atoms with Gasteiger partial charge in [0.1, 0.15) is 0 Å². The van der Waals surface area contributed by atoms with Crippen molar-refractivity contribution in [1.82, 2.24) is 0 Å². The summed E-state index contributed by atoms with van der Waals surface area (Å²) < 4.78 is 1.14. The van der Waals surface area contributed by atoms with Crippen LogP contribution in [-0.4, -0.2) is 0 Å². The van der Waals surface area contributed by atoms with E-state index < -0.39 is 0 Å². The Balaban J connectivity index is 1.46. The van der Waals surface area contributed by atoms with E-state index in [1.807, 2.05) is 0 Å². The van der Waals surface area contributed by atoms with Crippen molar-refractivity contribution in [2.24, 2.45) is 23.7 Å². The molecule has 4 saturated carbocycles. The summed E-state index contributed by atoms with van der Waals surface area (Å²) in [6, 6.07) is 25.5. The second-order valence-electron chi connectivity index (χ2n) is 9.99. The van der Waals surface area contributed by atoms with Gasteiger partial charge in [0.25, 0.3) is 0 Å². The third-order valence-electron chi connectivity index (χ3n) is 8.73. The van der Waals surface area contributed by atoms with Crippen molar-refractivity contribution in [3.8, 4) is 22.3 Å². The van der Waals surface area contributed by atoms with Crippen LogP contribution in [0.25, 0.3) is 22.3 Å². The van der Waals surface area contributed by atoms with Crippen molar-refractivity contribution in [1.29, 1.82) is 0 Å². The van der Waals surface area contributed by atoms with Gasteiger partial charge >= 0.3 is 0 Å². The topological polar surface area (TPSA) is 0 Å². The first-order valence-corrected chi connectivity index (χ1v) is 12.0. The standard InChI is InChI=1S/C28H25Br/c29-23-8-5-19(6-9-23)20-7-10-27-25(16-20)24-3-1-2-4-26(24)28(27)21-12-17-11-18(14-21)15-22(28)13-17/h1-10,16-18,21-22H,11-15H2. The fourth-order valence-electron chi connectivity index (χ4n) is 7.98. The van der Waals surface area contributed by atoms with Gasteiger partial charge in [-0.3, -0.25) is 0 Å². The normalized spacial score (nSPS) is 33.1. The number of rotatable bonds is 1. The molecule has 144 valence electrons. The molecule has 1 heteroatoms. The van der Waals surface area contributed by atoms with Crippen molar-refractivity contribution in [3.63, 3.8) is 0 Å². The lowest BCUT2D eigenvalue weighted by Crippen LogP contribution is -2.55. The van der Waals surface area contributed by atoms with E-state index in [1.54, 1.807) is 11.1 Å². The Morgan fingerprint density at radius 3 is 1.97 bits per heavy atom. The maximum absolute atomic E-state index is 3.57. The largest absolute Gasteiger partial charge is 0.0619 e. The van der Waals surface area contributed by atoms with E-state index in [9.17, 15) is 0 Å². The molecule has 0 saturated heterocycles. The second kappa shape index (κ2) is 5.85. The highest BCUT2D eigenvalue weighted by atomic mass is 79.9. The van der Waals surface area contributed by atoms with Gasteiger partial charge in [0.15, 0.2) is 0 Å². The van der Waals surface area contributed by atoms with Gasteiger partial charge in [-0.25, -0.2) is 0 Å². The first kappa shape index (κ1) is 16.9. The van der Waals surface area contributed by atoms with Crippen molar-refractivity contribution < 1.29 is 0 Å². The van der Waals surface area contributed by atoms with Gasteiger partial charge in [0.2, 0.25) is 0 Å². The van der Waals surface area contributed by atoms with Crippen LogP contribution < -0.4 is 0 Å². The Labute approximate surface area is 181 Å². The van der Waals surface area contributed by atoms with E-state index in [1.165, 1.54) is 54.4 Å². The molecule has 0 heterocycles. The summed E-state index contributed by atoms with van der Waals surface area (Å²) in [4.78, 5) is 0. The SMILES string of the molecule is Brc1ccc(-c2ccc3c(c2)-c2ccccc2C32C3CC4CC(C3)CC2C4)cc1. The van der Waals surface area contributed by atoms with Crippen LogP contribution in [0.15, 0.2) is 71.2 Å². The average Bonchev–Trinajstić information content (AvgIpc) is 3.03. The highest BCUT2D eigenvalue weighted by Gasteiger charge is 2.61. The first-order chi connectivity index (χ1) is 14.2. The summed E-state index contributed by atoms with van der Waals surface area (Å²) >= 11 is 3.57. The van der Waals surface area contributed by atoms with Gasteiger partial charge in [-0.15, -0.1) is 0 Å². The van der Waals surface area contributed by atoms with E-state index in [2.05, 4.69) is 82.7 Å². The molecule has 5 aliphatic carbocycles. The molecule has 29 heavy (non-hydrogen) atoms. The molecule has 0 radical (unpaired) electrons. The summed E-state index contributed by atoms with van der Waals surface area (Å²) in [6.07, 6.45) is 7.33. The van der Waals surface area contributed by atoms with Gasteiger partial charge in [0.05, 0.1) is 0 Å². The molecule has 4 fully saturated rings. The highest BCUT2D eigenvalue weighted by Crippen LogP contribution is 2.69. The Morgan fingerprint density at radius 2 is 1.24 bits per heavy atom. The lowest BCUT2D eigenvalue weighted by Gasteiger charge is -2.61. The zero-order valence-electron chi connectivity index (χ0n) is 16.6. The maximum atomic E-state index is 3.57. The van der Waals surface area contributed by atoms with E-state index in [-0.39, 0.29) is 5.41 Å². The molecule has 3 aromatic carbocycles. The fraction of sp³-hybridized carbons (Fsp3) is 0.357. The number of halogens is 1. The van der Waals surface area contributed by atoms with E-state index >= 15 is 0 Å². The van der Waals surface area contributed by atoms with Gasteiger partial charge < -0.3 is 0 Å². The van der Waals surface area contributed by atoms with Crippen LogP contribution >= 0.6 is 15.9 Å². The minimum absolute atomic E-state index is 0.289. The Morgan fingerprint density at radius 1 is 0.621 bits per heavy atom.